The molecule has 1 unspecified atom stereocenters. The normalized spacial score (nSPS) is 19.5. The van der Waals surface area contributed by atoms with E-state index in [-0.39, 0.29) is 12.4 Å². The second-order valence-electron chi connectivity index (χ2n) is 5.02. The number of hydrogen-bond donors (Lipinski definition) is 1. The zero-order chi connectivity index (χ0) is 13.1. The number of nitrogens with one attached hydrogen (secondary N) is 1. The maximum absolute atomic E-state index is 5.46. The van der Waals surface area contributed by atoms with E-state index in [1.54, 1.807) is 7.11 Å². The van der Waals surface area contributed by atoms with Gasteiger partial charge in [0.05, 0.1) is 18.4 Å². The van der Waals surface area contributed by atoms with Crippen molar-refractivity contribution in [2.24, 2.45) is 7.05 Å². The Hall–Kier alpha value is -0.780. The molecule has 0 amide bonds. The molecule has 6 heteroatoms. The third-order valence-corrected chi connectivity index (χ3v) is 3.78. The topological polar surface area (TPSA) is 42.3 Å². The van der Waals surface area contributed by atoms with Crippen molar-refractivity contribution in [1.29, 1.82) is 0 Å². The summed E-state index contributed by atoms with van der Waals surface area (Å²) in [5.41, 5.74) is 2.30. The number of aromatic nitrogens is 2. The van der Waals surface area contributed by atoms with E-state index < -0.39 is 0 Å². The third kappa shape index (κ3) is 3.41. The molecule has 2 rings (SSSR count). The number of aryl methyl sites for hydroxylation is 2. The van der Waals surface area contributed by atoms with E-state index in [4.69, 9.17) is 4.74 Å². The van der Waals surface area contributed by atoms with Gasteiger partial charge in [0.2, 0.25) is 5.88 Å². The Bertz CT molecular complexity index is 408. The van der Waals surface area contributed by atoms with Crippen LogP contribution >= 0.6 is 12.4 Å². The summed E-state index contributed by atoms with van der Waals surface area (Å²) in [6.07, 6.45) is 2.57. The first-order valence-electron chi connectivity index (χ1n) is 6.62. The number of ether oxygens (including phenoxy) is 1. The van der Waals surface area contributed by atoms with Crippen LogP contribution in [-0.4, -0.2) is 48.0 Å². The van der Waals surface area contributed by atoms with E-state index in [0.29, 0.717) is 6.04 Å². The van der Waals surface area contributed by atoms with Gasteiger partial charge in [-0.05, 0) is 33.4 Å². The molecule has 1 aliphatic heterocycles. The number of nitrogens with zero attached hydrogens (tertiary/aromatic N) is 3. The Morgan fingerprint density at radius 3 is 2.84 bits per heavy atom. The predicted molar refractivity (Wildman–Crippen MR) is 79.1 cm³/mol. The lowest BCUT2D eigenvalue weighted by atomic mass is 10.2. The standard InChI is InChI=1S/C13H24N4O.ClH/c1-10-12(13(18-4)16(3)15-10)9-17-7-5-6-11(17)8-14-2;/h11,14H,5-9H2,1-4H3;1H. The molecular weight excluding hydrogens is 264 g/mol. The number of hydrogen-bond acceptors (Lipinski definition) is 4. The van der Waals surface area contributed by atoms with Crippen molar-refractivity contribution < 1.29 is 4.74 Å². The Morgan fingerprint density at radius 1 is 1.47 bits per heavy atom. The molecule has 1 aromatic heterocycles. The molecule has 110 valence electrons. The van der Waals surface area contributed by atoms with E-state index in [2.05, 4.69) is 22.2 Å². The average molecular weight is 289 g/mol. The van der Waals surface area contributed by atoms with Gasteiger partial charge in [0.1, 0.15) is 0 Å². The van der Waals surface area contributed by atoms with Crippen LogP contribution in [0, 0.1) is 6.92 Å². The molecule has 19 heavy (non-hydrogen) atoms. The number of methoxy groups -OCH3 is 1. The molecular formula is C13H25ClN4O. The molecule has 0 spiro atoms. The predicted octanol–water partition coefficient (Wildman–Crippen LogP) is 1.34. The van der Waals surface area contributed by atoms with Crippen molar-refractivity contribution in [2.75, 3.05) is 27.2 Å². The van der Waals surface area contributed by atoms with Crippen molar-refractivity contribution >= 4 is 12.4 Å². The second kappa shape index (κ2) is 7.12. The second-order valence-corrected chi connectivity index (χ2v) is 5.02. The van der Waals surface area contributed by atoms with Gasteiger partial charge < -0.3 is 10.1 Å². The van der Waals surface area contributed by atoms with Crippen LogP contribution in [0.25, 0.3) is 0 Å². The van der Waals surface area contributed by atoms with Gasteiger partial charge >= 0.3 is 0 Å². The highest BCUT2D eigenvalue weighted by Crippen LogP contribution is 2.26. The lowest BCUT2D eigenvalue weighted by Crippen LogP contribution is -2.36. The molecule has 1 aliphatic rings. The summed E-state index contributed by atoms with van der Waals surface area (Å²) in [5.74, 6) is 0.891. The molecule has 1 atom stereocenters. The summed E-state index contributed by atoms with van der Waals surface area (Å²) < 4.78 is 7.29. The zero-order valence-electron chi connectivity index (χ0n) is 12.3. The first-order chi connectivity index (χ1) is 8.67. The van der Waals surface area contributed by atoms with E-state index >= 15 is 0 Å². The van der Waals surface area contributed by atoms with E-state index in [1.807, 2.05) is 18.8 Å². The van der Waals surface area contributed by atoms with Crippen LogP contribution in [0.2, 0.25) is 0 Å². The Morgan fingerprint density at radius 2 is 2.21 bits per heavy atom. The van der Waals surface area contributed by atoms with Crippen molar-refractivity contribution in [3.63, 3.8) is 0 Å². The summed E-state index contributed by atoms with van der Waals surface area (Å²) in [6.45, 7) is 5.22. The Balaban J connectivity index is 0.00000180. The van der Waals surface area contributed by atoms with Crippen LogP contribution in [0.3, 0.4) is 0 Å². The van der Waals surface area contributed by atoms with Crippen LogP contribution in [-0.2, 0) is 13.6 Å². The van der Waals surface area contributed by atoms with Crippen LogP contribution in [0.15, 0.2) is 0 Å². The fourth-order valence-electron chi connectivity index (χ4n) is 2.89. The number of halogens is 1. The summed E-state index contributed by atoms with van der Waals surface area (Å²) in [4.78, 5) is 2.53. The maximum Gasteiger partial charge on any atom is 0.216 e. The van der Waals surface area contributed by atoms with Crippen LogP contribution in [0.5, 0.6) is 5.88 Å². The largest absolute Gasteiger partial charge is 0.481 e. The number of rotatable bonds is 5. The molecule has 1 fully saturated rings. The Labute approximate surface area is 121 Å². The van der Waals surface area contributed by atoms with Crippen molar-refractivity contribution in [3.8, 4) is 5.88 Å². The van der Waals surface area contributed by atoms with Crippen LogP contribution < -0.4 is 10.1 Å². The molecule has 0 aliphatic carbocycles. The molecule has 0 saturated carbocycles. The molecule has 0 bridgehead atoms. The highest BCUT2D eigenvalue weighted by atomic mass is 35.5. The molecule has 0 aromatic carbocycles. The third-order valence-electron chi connectivity index (χ3n) is 3.78. The van der Waals surface area contributed by atoms with Gasteiger partial charge in [0.25, 0.3) is 0 Å². The van der Waals surface area contributed by atoms with E-state index in [9.17, 15) is 0 Å². The van der Waals surface area contributed by atoms with Gasteiger partial charge in [-0.25, -0.2) is 4.68 Å². The molecule has 2 heterocycles. The monoisotopic (exact) mass is 288 g/mol. The molecule has 1 aromatic rings. The Kier molecular flexibility index (Phi) is 6.10. The zero-order valence-corrected chi connectivity index (χ0v) is 13.1. The molecule has 1 N–H and O–H groups in total. The first kappa shape index (κ1) is 16.3. The summed E-state index contributed by atoms with van der Waals surface area (Å²) in [5, 5.41) is 7.72. The van der Waals surface area contributed by atoms with Crippen molar-refractivity contribution in [1.82, 2.24) is 20.0 Å². The highest BCUT2D eigenvalue weighted by Gasteiger charge is 2.26. The quantitative estimate of drug-likeness (QED) is 0.888. The van der Waals surface area contributed by atoms with Crippen molar-refractivity contribution in [3.05, 3.63) is 11.3 Å². The number of likely N-dealkylation sites (tertiary alicyclic amines) is 1. The smallest absolute Gasteiger partial charge is 0.216 e. The molecule has 5 nitrogen and oxygen atoms in total. The first-order valence-corrected chi connectivity index (χ1v) is 6.62. The van der Waals surface area contributed by atoms with Gasteiger partial charge in [-0.3, -0.25) is 4.90 Å². The average Bonchev–Trinajstić information content (AvgIpc) is 2.86. The summed E-state index contributed by atoms with van der Waals surface area (Å²) in [7, 11) is 5.67. The lowest BCUT2D eigenvalue weighted by Gasteiger charge is -2.24. The fraction of sp³-hybridized carbons (Fsp3) is 0.769. The van der Waals surface area contributed by atoms with E-state index in [0.717, 1.165) is 24.7 Å². The molecule has 0 radical (unpaired) electrons. The van der Waals surface area contributed by atoms with Gasteiger partial charge in [-0.15, -0.1) is 12.4 Å². The summed E-state index contributed by atoms with van der Waals surface area (Å²) >= 11 is 0. The maximum atomic E-state index is 5.46. The summed E-state index contributed by atoms with van der Waals surface area (Å²) in [6, 6.07) is 0.638. The van der Waals surface area contributed by atoms with Crippen molar-refractivity contribution in [2.45, 2.75) is 32.4 Å². The minimum atomic E-state index is 0. The van der Waals surface area contributed by atoms with E-state index in [1.165, 1.54) is 24.9 Å². The van der Waals surface area contributed by atoms with Crippen LogP contribution in [0.1, 0.15) is 24.1 Å². The van der Waals surface area contributed by atoms with Crippen LogP contribution in [0.4, 0.5) is 0 Å². The fourth-order valence-corrected chi connectivity index (χ4v) is 2.89. The highest BCUT2D eigenvalue weighted by molar-refractivity contribution is 5.85. The molecule has 1 saturated heterocycles. The minimum absolute atomic E-state index is 0. The van der Waals surface area contributed by atoms with Gasteiger partial charge in [0, 0.05) is 26.2 Å². The minimum Gasteiger partial charge on any atom is -0.481 e. The lowest BCUT2D eigenvalue weighted by molar-refractivity contribution is 0.237. The van der Waals surface area contributed by atoms with Gasteiger partial charge in [-0.1, -0.05) is 0 Å². The number of likely N-dealkylation sites (N-methyl/N-ethyl adjacent to an activating group) is 1. The SMILES string of the molecule is CNCC1CCCN1Cc1c(C)nn(C)c1OC.Cl. The van der Waals surface area contributed by atoms with Gasteiger partial charge in [0.15, 0.2) is 0 Å². The van der Waals surface area contributed by atoms with Gasteiger partial charge in [-0.2, -0.15) is 5.10 Å².